The molecule has 0 bridgehead atoms. The Bertz CT molecular complexity index is 763. The normalized spacial score (nSPS) is 10.6. The third-order valence-corrected chi connectivity index (χ3v) is 3.27. The van der Waals surface area contributed by atoms with E-state index in [0.29, 0.717) is 0 Å². The van der Waals surface area contributed by atoms with E-state index in [4.69, 9.17) is 0 Å². The predicted octanol–water partition coefficient (Wildman–Crippen LogP) is 4.17. The van der Waals surface area contributed by atoms with Crippen LogP contribution in [0.15, 0.2) is 48.5 Å². The maximum absolute atomic E-state index is 9.18. The summed E-state index contributed by atoms with van der Waals surface area (Å²) in [4.78, 5) is 0. The van der Waals surface area contributed by atoms with Crippen molar-refractivity contribution in [3.8, 4) is 6.07 Å². The van der Waals surface area contributed by atoms with Crippen molar-refractivity contribution in [3.63, 3.8) is 0 Å². The summed E-state index contributed by atoms with van der Waals surface area (Å²) >= 11 is 0. The van der Waals surface area contributed by atoms with Crippen LogP contribution in [0.1, 0.15) is 11.1 Å². The molecule has 0 saturated carbocycles. The number of fused-ring (bicyclic) bond motifs is 2. The van der Waals surface area contributed by atoms with E-state index in [0.717, 1.165) is 16.3 Å². The third-order valence-electron chi connectivity index (χ3n) is 3.27. The maximum Gasteiger partial charge on any atom is 0.0998 e. The molecule has 0 spiro atoms. The summed E-state index contributed by atoms with van der Waals surface area (Å²) in [5.41, 5.74) is 1.95. The van der Waals surface area contributed by atoms with Gasteiger partial charge in [0, 0.05) is 5.39 Å². The fraction of sp³-hybridized carbons (Fsp3) is 0.0625. The van der Waals surface area contributed by atoms with Gasteiger partial charge in [-0.25, -0.2) is 0 Å². The number of nitriles is 1. The van der Waals surface area contributed by atoms with E-state index in [-0.39, 0.29) is 0 Å². The third kappa shape index (κ3) is 1.38. The van der Waals surface area contributed by atoms with Crippen LogP contribution in [0.3, 0.4) is 0 Å². The van der Waals surface area contributed by atoms with Crippen molar-refractivity contribution in [2.45, 2.75) is 6.92 Å². The van der Waals surface area contributed by atoms with Crippen molar-refractivity contribution in [3.05, 3.63) is 59.7 Å². The minimum atomic E-state index is 0.755. The van der Waals surface area contributed by atoms with E-state index >= 15 is 0 Å². The lowest BCUT2D eigenvalue weighted by atomic mass is 9.95. The molecule has 17 heavy (non-hydrogen) atoms. The lowest BCUT2D eigenvalue weighted by Crippen LogP contribution is -1.86. The van der Waals surface area contributed by atoms with Crippen LogP contribution in [0.4, 0.5) is 0 Å². The van der Waals surface area contributed by atoms with Crippen molar-refractivity contribution in [2.24, 2.45) is 0 Å². The molecule has 0 heterocycles. The van der Waals surface area contributed by atoms with E-state index in [1.54, 1.807) is 0 Å². The molecule has 0 atom stereocenters. The van der Waals surface area contributed by atoms with Crippen LogP contribution in [0.25, 0.3) is 21.5 Å². The van der Waals surface area contributed by atoms with E-state index in [2.05, 4.69) is 37.3 Å². The Morgan fingerprint density at radius 2 is 1.71 bits per heavy atom. The molecule has 0 aliphatic carbocycles. The molecule has 3 aromatic rings. The number of hydrogen-bond donors (Lipinski definition) is 0. The standard InChI is InChI=1S/C16H11N/c1-11-15-8-3-2-5-12(15)9-13-6-4-7-14(10-17)16(11)13/h2-9H,1H3. The Morgan fingerprint density at radius 1 is 0.941 bits per heavy atom. The molecule has 3 aromatic carbocycles. The van der Waals surface area contributed by atoms with Gasteiger partial charge in [0.1, 0.15) is 0 Å². The van der Waals surface area contributed by atoms with E-state index in [1.807, 2.05) is 24.3 Å². The van der Waals surface area contributed by atoms with Crippen LogP contribution < -0.4 is 0 Å². The molecule has 0 radical (unpaired) electrons. The first-order valence-corrected chi connectivity index (χ1v) is 5.62. The molecule has 0 amide bonds. The van der Waals surface area contributed by atoms with Gasteiger partial charge in [-0.2, -0.15) is 5.26 Å². The maximum atomic E-state index is 9.18. The Morgan fingerprint density at radius 3 is 2.53 bits per heavy atom. The predicted molar refractivity (Wildman–Crippen MR) is 70.9 cm³/mol. The first kappa shape index (κ1) is 9.86. The SMILES string of the molecule is Cc1c2ccccc2cc2cccc(C#N)c12. The highest BCUT2D eigenvalue weighted by molar-refractivity contribution is 6.04. The lowest BCUT2D eigenvalue weighted by Gasteiger charge is -2.08. The van der Waals surface area contributed by atoms with Crippen LogP contribution in [0.5, 0.6) is 0 Å². The van der Waals surface area contributed by atoms with Gasteiger partial charge >= 0.3 is 0 Å². The van der Waals surface area contributed by atoms with Crippen LogP contribution in [-0.4, -0.2) is 0 Å². The first-order chi connectivity index (χ1) is 8.31. The van der Waals surface area contributed by atoms with Crippen molar-refractivity contribution < 1.29 is 0 Å². The van der Waals surface area contributed by atoms with Crippen LogP contribution in [0.2, 0.25) is 0 Å². The molecule has 0 fully saturated rings. The average Bonchev–Trinajstić information content (AvgIpc) is 2.38. The molecule has 80 valence electrons. The molecule has 0 saturated heterocycles. The largest absolute Gasteiger partial charge is 0.192 e. The van der Waals surface area contributed by atoms with Gasteiger partial charge in [-0.1, -0.05) is 36.4 Å². The van der Waals surface area contributed by atoms with Gasteiger partial charge in [-0.3, -0.25) is 0 Å². The van der Waals surface area contributed by atoms with Gasteiger partial charge in [0.05, 0.1) is 11.6 Å². The second kappa shape index (κ2) is 3.61. The Kier molecular flexibility index (Phi) is 2.09. The molecule has 0 aliphatic rings. The topological polar surface area (TPSA) is 23.8 Å². The molecule has 0 N–H and O–H groups in total. The number of nitrogens with zero attached hydrogens (tertiary/aromatic N) is 1. The van der Waals surface area contributed by atoms with Gasteiger partial charge < -0.3 is 0 Å². The lowest BCUT2D eigenvalue weighted by molar-refractivity contribution is 1.49. The fourth-order valence-electron chi connectivity index (χ4n) is 2.47. The summed E-state index contributed by atoms with van der Waals surface area (Å²) < 4.78 is 0. The second-order valence-electron chi connectivity index (χ2n) is 4.24. The molecule has 1 nitrogen and oxygen atoms in total. The molecule has 0 aromatic heterocycles. The minimum absolute atomic E-state index is 0.755. The summed E-state index contributed by atoms with van der Waals surface area (Å²) in [5.74, 6) is 0. The Balaban J connectivity index is 2.61. The Labute approximate surface area is 99.9 Å². The highest BCUT2D eigenvalue weighted by atomic mass is 14.2. The van der Waals surface area contributed by atoms with Gasteiger partial charge in [-0.15, -0.1) is 0 Å². The molecule has 1 heteroatoms. The summed E-state index contributed by atoms with van der Waals surface area (Å²) in [6.07, 6.45) is 0. The van der Waals surface area contributed by atoms with Crippen LogP contribution in [-0.2, 0) is 0 Å². The van der Waals surface area contributed by atoms with Crippen molar-refractivity contribution in [1.82, 2.24) is 0 Å². The molecule has 0 unspecified atom stereocenters. The van der Waals surface area contributed by atoms with Gasteiger partial charge in [0.25, 0.3) is 0 Å². The quantitative estimate of drug-likeness (QED) is 0.518. The minimum Gasteiger partial charge on any atom is -0.192 e. The average molecular weight is 217 g/mol. The summed E-state index contributed by atoms with van der Waals surface area (Å²) in [6, 6.07) is 18.6. The first-order valence-electron chi connectivity index (χ1n) is 5.62. The zero-order valence-corrected chi connectivity index (χ0v) is 9.57. The smallest absolute Gasteiger partial charge is 0.0998 e. The van der Waals surface area contributed by atoms with Crippen LogP contribution >= 0.6 is 0 Å². The highest BCUT2D eigenvalue weighted by Crippen LogP contribution is 2.29. The van der Waals surface area contributed by atoms with E-state index in [1.165, 1.54) is 16.3 Å². The van der Waals surface area contributed by atoms with Gasteiger partial charge in [0.15, 0.2) is 0 Å². The summed E-state index contributed by atoms with van der Waals surface area (Å²) in [6.45, 7) is 2.09. The molecular formula is C16H11N. The highest BCUT2D eigenvalue weighted by Gasteiger charge is 2.06. The summed E-state index contributed by atoms with van der Waals surface area (Å²) in [7, 11) is 0. The fourth-order valence-corrected chi connectivity index (χ4v) is 2.47. The zero-order valence-electron chi connectivity index (χ0n) is 9.57. The number of aryl methyl sites for hydroxylation is 1. The Hall–Kier alpha value is -2.33. The summed E-state index contributed by atoms with van der Waals surface area (Å²) in [5, 5.41) is 13.9. The zero-order chi connectivity index (χ0) is 11.8. The second-order valence-corrected chi connectivity index (χ2v) is 4.24. The van der Waals surface area contributed by atoms with Crippen LogP contribution in [0, 0.1) is 18.3 Å². The monoisotopic (exact) mass is 217 g/mol. The van der Waals surface area contributed by atoms with Crippen molar-refractivity contribution in [2.75, 3.05) is 0 Å². The van der Waals surface area contributed by atoms with Crippen molar-refractivity contribution in [1.29, 1.82) is 5.26 Å². The van der Waals surface area contributed by atoms with E-state index in [9.17, 15) is 5.26 Å². The van der Waals surface area contributed by atoms with Gasteiger partial charge in [0.2, 0.25) is 0 Å². The van der Waals surface area contributed by atoms with Gasteiger partial charge in [-0.05, 0) is 40.8 Å². The number of benzene rings is 3. The number of hydrogen-bond acceptors (Lipinski definition) is 1. The molecule has 3 rings (SSSR count). The van der Waals surface area contributed by atoms with E-state index < -0.39 is 0 Å². The molecule has 0 aliphatic heterocycles. The molecular weight excluding hydrogens is 206 g/mol. The number of rotatable bonds is 0. The van der Waals surface area contributed by atoms with Crippen molar-refractivity contribution >= 4 is 21.5 Å².